The summed E-state index contributed by atoms with van der Waals surface area (Å²) in [4.78, 5) is 0. The molecule has 0 amide bonds. The third-order valence-corrected chi connectivity index (χ3v) is 0.206. The van der Waals surface area contributed by atoms with E-state index in [4.69, 9.17) is 5.11 Å². The van der Waals surface area contributed by atoms with Gasteiger partial charge in [-0.15, -0.1) is 0 Å². The maximum atomic E-state index is 10.6. The first-order chi connectivity index (χ1) is 2.41. The van der Waals surface area contributed by atoms with Gasteiger partial charge < -0.3 is 5.11 Å². The highest BCUT2D eigenvalue weighted by Crippen LogP contribution is 1.80. The number of hydrogen-bond donors (Lipinski definition) is 1. The largest absolute Gasteiger partial charge is 0.396 e. The summed E-state index contributed by atoms with van der Waals surface area (Å²) in [6.45, 7) is 1.12. The van der Waals surface area contributed by atoms with Crippen molar-refractivity contribution in [3.05, 3.63) is 6.67 Å². The predicted octanol–water partition coefficient (Wildman–Crippen LogP) is 0.377. The van der Waals surface area contributed by atoms with E-state index in [2.05, 4.69) is 0 Å². The minimum Gasteiger partial charge on any atom is -0.396 e. The average molecular weight is 76.1 g/mol. The molecule has 0 fully saturated rings. The molecule has 0 aromatic heterocycles. The van der Waals surface area contributed by atoms with Crippen molar-refractivity contribution >= 4 is 0 Å². The predicted molar refractivity (Wildman–Crippen MR) is 16.1 cm³/mol. The zero-order valence-electron chi connectivity index (χ0n) is 2.74. The van der Waals surface area contributed by atoms with Crippen LogP contribution in [-0.4, -0.2) is 11.7 Å². The van der Waals surface area contributed by atoms with E-state index < -0.39 is 0 Å². The molecular formula is C3H5FO. The minimum atomic E-state index is -0.142. The first-order valence-corrected chi connectivity index (χ1v) is 1.36. The van der Waals surface area contributed by atoms with Crippen LogP contribution in [0.4, 0.5) is 4.39 Å². The Bertz CT molecular complexity index is 14.4. The fourth-order valence-corrected chi connectivity index (χ4v) is 0.0423. The van der Waals surface area contributed by atoms with Gasteiger partial charge in [-0.05, 0) is 0 Å². The second kappa shape index (κ2) is 3.89. The molecule has 0 aliphatic rings. The van der Waals surface area contributed by atoms with Crippen LogP contribution in [0, 0.1) is 6.67 Å². The van der Waals surface area contributed by atoms with Crippen LogP contribution < -0.4 is 0 Å². The molecule has 0 bridgehead atoms. The summed E-state index contributed by atoms with van der Waals surface area (Å²) in [6.07, 6.45) is 0.0278. The Morgan fingerprint density at radius 2 is 2.40 bits per heavy atom. The average Bonchev–Trinajstić information content (AvgIpc) is 1.41. The van der Waals surface area contributed by atoms with Crippen molar-refractivity contribution in [3.8, 4) is 0 Å². The van der Waals surface area contributed by atoms with Crippen LogP contribution in [0.15, 0.2) is 0 Å². The van der Waals surface area contributed by atoms with Crippen molar-refractivity contribution in [3.63, 3.8) is 0 Å². The van der Waals surface area contributed by atoms with E-state index in [1.807, 2.05) is 0 Å². The minimum absolute atomic E-state index is 0.0278. The fraction of sp³-hybridized carbons (Fsp3) is 0.667. The molecular weight excluding hydrogens is 71.0 g/mol. The van der Waals surface area contributed by atoms with Gasteiger partial charge in [-0.25, -0.2) is 4.39 Å². The summed E-state index contributed by atoms with van der Waals surface area (Å²) < 4.78 is 10.6. The summed E-state index contributed by atoms with van der Waals surface area (Å²) in [7, 11) is 0. The molecule has 0 unspecified atom stereocenters. The van der Waals surface area contributed by atoms with Gasteiger partial charge in [-0.1, -0.05) is 0 Å². The van der Waals surface area contributed by atoms with Gasteiger partial charge in [0.25, 0.3) is 0 Å². The van der Waals surface area contributed by atoms with Crippen LogP contribution in [0.2, 0.25) is 0 Å². The van der Waals surface area contributed by atoms with E-state index >= 15 is 0 Å². The van der Waals surface area contributed by atoms with Crippen LogP contribution in [0.1, 0.15) is 6.42 Å². The lowest BCUT2D eigenvalue weighted by atomic mass is 10.5. The second-order valence-corrected chi connectivity index (χ2v) is 0.607. The van der Waals surface area contributed by atoms with Crippen molar-refractivity contribution in [2.24, 2.45) is 0 Å². The number of aliphatic hydroxyl groups excluding tert-OH is 1. The molecule has 0 heterocycles. The lowest BCUT2D eigenvalue weighted by Crippen LogP contribution is -1.75. The first-order valence-electron chi connectivity index (χ1n) is 1.36. The van der Waals surface area contributed by atoms with Gasteiger partial charge in [-0.2, -0.15) is 0 Å². The molecule has 0 saturated heterocycles. The molecule has 0 aliphatic carbocycles. The van der Waals surface area contributed by atoms with Gasteiger partial charge in [-0.3, -0.25) is 0 Å². The van der Waals surface area contributed by atoms with E-state index in [0.717, 1.165) is 0 Å². The second-order valence-electron chi connectivity index (χ2n) is 0.607. The topological polar surface area (TPSA) is 20.2 Å². The quantitative estimate of drug-likeness (QED) is 0.504. The number of aliphatic hydroxyl groups is 1. The standard InChI is InChI=1S/C3H5FO/c4-2-1-3-5/h5H,1,3H2. The van der Waals surface area contributed by atoms with Crippen molar-refractivity contribution in [1.29, 1.82) is 0 Å². The molecule has 2 radical (unpaired) electrons. The van der Waals surface area contributed by atoms with Crippen molar-refractivity contribution in [1.82, 2.24) is 0 Å². The monoisotopic (exact) mass is 76.0 g/mol. The molecule has 1 nitrogen and oxygen atoms in total. The summed E-state index contributed by atoms with van der Waals surface area (Å²) in [6, 6.07) is 0. The Morgan fingerprint density at radius 1 is 1.80 bits per heavy atom. The molecule has 0 rings (SSSR count). The van der Waals surface area contributed by atoms with Gasteiger partial charge in [0.2, 0.25) is 0 Å². The van der Waals surface area contributed by atoms with Crippen LogP contribution in [-0.2, 0) is 0 Å². The molecule has 0 spiro atoms. The molecule has 0 atom stereocenters. The van der Waals surface area contributed by atoms with Crippen molar-refractivity contribution in [2.75, 3.05) is 6.61 Å². The van der Waals surface area contributed by atoms with Gasteiger partial charge in [0.05, 0.1) is 0 Å². The third-order valence-electron chi connectivity index (χ3n) is 0.206. The molecule has 0 saturated carbocycles. The molecule has 5 heavy (non-hydrogen) atoms. The maximum absolute atomic E-state index is 10.6. The van der Waals surface area contributed by atoms with E-state index in [0.29, 0.717) is 0 Å². The van der Waals surface area contributed by atoms with Gasteiger partial charge in [0, 0.05) is 13.0 Å². The van der Waals surface area contributed by atoms with Crippen LogP contribution in [0.5, 0.6) is 0 Å². The zero-order chi connectivity index (χ0) is 4.12. The van der Waals surface area contributed by atoms with Crippen LogP contribution in [0.3, 0.4) is 0 Å². The molecule has 1 N–H and O–H groups in total. The third kappa shape index (κ3) is 3.89. The van der Waals surface area contributed by atoms with Gasteiger partial charge >= 0.3 is 0 Å². The maximum Gasteiger partial charge on any atom is 0.187 e. The van der Waals surface area contributed by atoms with E-state index in [1.54, 1.807) is 0 Å². The molecule has 0 aromatic carbocycles. The Labute approximate surface area is 30.4 Å². The normalized spacial score (nSPS) is 8.40. The van der Waals surface area contributed by atoms with Crippen LogP contribution in [0.25, 0.3) is 0 Å². The Morgan fingerprint density at radius 3 is 2.40 bits per heavy atom. The lowest BCUT2D eigenvalue weighted by Gasteiger charge is -1.74. The number of hydrogen-bond acceptors (Lipinski definition) is 1. The Balaban J connectivity index is 2.19. The zero-order valence-corrected chi connectivity index (χ0v) is 2.74. The Hall–Kier alpha value is -0.110. The fourth-order valence-electron chi connectivity index (χ4n) is 0.0423. The van der Waals surface area contributed by atoms with E-state index in [-0.39, 0.29) is 13.0 Å². The molecule has 2 heteroatoms. The molecule has 30 valence electrons. The number of rotatable bonds is 2. The van der Waals surface area contributed by atoms with Crippen LogP contribution >= 0.6 is 0 Å². The first kappa shape index (κ1) is 4.89. The smallest absolute Gasteiger partial charge is 0.187 e. The Kier molecular flexibility index (Phi) is 3.80. The molecule has 0 aromatic rings. The SMILES string of the molecule is OCC[C]F. The summed E-state index contributed by atoms with van der Waals surface area (Å²) >= 11 is 0. The van der Waals surface area contributed by atoms with Crippen molar-refractivity contribution < 1.29 is 9.50 Å². The molecule has 0 aliphatic heterocycles. The van der Waals surface area contributed by atoms with Gasteiger partial charge in [0.15, 0.2) is 6.67 Å². The number of halogens is 1. The summed E-state index contributed by atoms with van der Waals surface area (Å²) in [5.41, 5.74) is 0. The summed E-state index contributed by atoms with van der Waals surface area (Å²) in [5, 5.41) is 7.76. The van der Waals surface area contributed by atoms with Gasteiger partial charge in [0.1, 0.15) is 0 Å². The highest BCUT2D eigenvalue weighted by atomic mass is 19.1. The lowest BCUT2D eigenvalue weighted by molar-refractivity contribution is 0.286. The summed E-state index contributed by atoms with van der Waals surface area (Å²) in [5.74, 6) is 0. The van der Waals surface area contributed by atoms with Crippen molar-refractivity contribution in [2.45, 2.75) is 6.42 Å². The van der Waals surface area contributed by atoms with E-state index in [1.165, 1.54) is 6.67 Å². The highest BCUT2D eigenvalue weighted by molar-refractivity contribution is 4.40. The highest BCUT2D eigenvalue weighted by Gasteiger charge is 1.76. The van der Waals surface area contributed by atoms with E-state index in [9.17, 15) is 4.39 Å².